The second-order valence-electron chi connectivity index (χ2n) is 3.19. The Kier molecular flexibility index (Phi) is 4.58. The van der Waals surface area contributed by atoms with Crippen molar-refractivity contribution in [3.63, 3.8) is 0 Å². The molecule has 0 spiro atoms. The van der Waals surface area contributed by atoms with Crippen LogP contribution in [0.3, 0.4) is 0 Å². The Labute approximate surface area is 89.9 Å². The average molecular weight is 205 g/mol. The number of aromatic nitrogens is 2. The SMILES string of the molecule is C#CCCCC(N)c1cc(OC)ncn1. The van der Waals surface area contributed by atoms with Crippen LogP contribution in [0.15, 0.2) is 12.4 Å². The van der Waals surface area contributed by atoms with Gasteiger partial charge in [-0.15, -0.1) is 12.3 Å². The van der Waals surface area contributed by atoms with E-state index in [-0.39, 0.29) is 6.04 Å². The Bertz CT molecular complexity index is 346. The maximum absolute atomic E-state index is 5.94. The van der Waals surface area contributed by atoms with Gasteiger partial charge in [-0.3, -0.25) is 0 Å². The van der Waals surface area contributed by atoms with Crippen LogP contribution >= 0.6 is 0 Å². The molecule has 0 aliphatic heterocycles. The van der Waals surface area contributed by atoms with E-state index < -0.39 is 0 Å². The highest BCUT2D eigenvalue weighted by molar-refractivity contribution is 5.16. The number of rotatable bonds is 5. The maximum Gasteiger partial charge on any atom is 0.216 e. The van der Waals surface area contributed by atoms with Crippen LogP contribution in [0.1, 0.15) is 31.0 Å². The van der Waals surface area contributed by atoms with E-state index in [2.05, 4.69) is 15.9 Å². The fourth-order valence-electron chi connectivity index (χ4n) is 1.24. The van der Waals surface area contributed by atoms with Crippen molar-refractivity contribution in [2.24, 2.45) is 5.73 Å². The van der Waals surface area contributed by atoms with Gasteiger partial charge in [-0.05, 0) is 12.8 Å². The molecule has 1 heterocycles. The first-order valence-corrected chi connectivity index (χ1v) is 4.83. The topological polar surface area (TPSA) is 61.0 Å². The van der Waals surface area contributed by atoms with Gasteiger partial charge in [-0.1, -0.05) is 0 Å². The summed E-state index contributed by atoms with van der Waals surface area (Å²) >= 11 is 0. The molecule has 1 aromatic rings. The second-order valence-corrected chi connectivity index (χ2v) is 3.19. The lowest BCUT2D eigenvalue weighted by molar-refractivity contribution is 0.394. The van der Waals surface area contributed by atoms with Crippen molar-refractivity contribution in [2.45, 2.75) is 25.3 Å². The van der Waals surface area contributed by atoms with Crippen LogP contribution < -0.4 is 10.5 Å². The van der Waals surface area contributed by atoms with Gasteiger partial charge in [0.2, 0.25) is 5.88 Å². The molecular formula is C11H15N3O. The molecule has 4 nitrogen and oxygen atoms in total. The molecule has 0 aromatic carbocycles. The molecule has 15 heavy (non-hydrogen) atoms. The van der Waals surface area contributed by atoms with Gasteiger partial charge in [0.25, 0.3) is 0 Å². The van der Waals surface area contributed by atoms with E-state index in [1.54, 1.807) is 13.2 Å². The fourth-order valence-corrected chi connectivity index (χ4v) is 1.24. The Morgan fingerprint density at radius 2 is 2.40 bits per heavy atom. The van der Waals surface area contributed by atoms with Crippen LogP contribution in [-0.2, 0) is 0 Å². The highest BCUT2D eigenvalue weighted by Gasteiger charge is 2.08. The molecule has 0 amide bonds. The molecule has 4 heteroatoms. The van der Waals surface area contributed by atoms with E-state index in [1.165, 1.54) is 6.33 Å². The molecule has 0 aliphatic carbocycles. The summed E-state index contributed by atoms with van der Waals surface area (Å²) in [5.74, 6) is 3.12. The first-order chi connectivity index (χ1) is 7.27. The van der Waals surface area contributed by atoms with Gasteiger partial charge in [0, 0.05) is 18.5 Å². The zero-order valence-electron chi connectivity index (χ0n) is 8.81. The normalized spacial score (nSPS) is 11.8. The van der Waals surface area contributed by atoms with E-state index in [0.29, 0.717) is 5.88 Å². The molecule has 0 saturated heterocycles. The Morgan fingerprint density at radius 1 is 1.60 bits per heavy atom. The monoisotopic (exact) mass is 205 g/mol. The molecule has 0 fully saturated rings. The van der Waals surface area contributed by atoms with Gasteiger partial charge in [0.15, 0.2) is 0 Å². The summed E-state index contributed by atoms with van der Waals surface area (Å²) in [6, 6.07) is 1.65. The molecule has 1 rings (SSSR count). The fraction of sp³-hybridized carbons (Fsp3) is 0.455. The summed E-state index contributed by atoms with van der Waals surface area (Å²) in [5, 5.41) is 0. The molecule has 0 aliphatic rings. The Hall–Kier alpha value is -1.60. The van der Waals surface area contributed by atoms with Crippen molar-refractivity contribution in [3.8, 4) is 18.2 Å². The zero-order chi connectivity index (χ0) is 11.1. The molecule has 2 N–H and O–H groups in total. The average Bonchev–Trinajstić information content (AvgIpc) is 2.29. The summed E-state index contributed by atoms with van der Waals surface area (Å²) in [4.78, 5) is 8.01. The van der Waals surface area contributed by atoms with Crippen LogP contribution in [0.4, 0.5) is 0 Å². The summed E-state index contributed by atoms with van der Waals surface area (Å²) in [6.07, 6.45) is 9.09. The summed E-state index contributed by atoms with van der Waals surface area (Å²) in [6.45, 7) is 0. The highest BCUT2D eigenvalue weighted by atomic mass is 16.5. The van der Waals surface area contributed by atoms with E-state index in [0.717, 1.165) is 25.0 Å². The van der Waals surface area contributed by atoms with Crippen molar-refractivity contribution in [3.05, 3.63) is 18.1 Å². The Balaban J connectivity index is 2.57. The minimum atomic E-state index is -0.102. The van der Waals surface area contributed by atoms with Crippen LogP contribution in [0, 0.1) is 12.3 Å². The van der Waals surface area contributed by atoms with Gasteiger partial charge >= 0.3 is 0 Å². The third kappa shape index (κ3) is 3.56. The van der Waals surface area contributed by atoms with Gasteiger partial charge in [-0.25, -0.2) is 9.97 Å². The van der Waals surface area contributed by atoms with Gasteiger partial charge in [0.05, 0.1) is 12.8 Å². The standard InChI is InChI=1S/C11H15N3O/c1-3-4-5-6-9(12)10-7-11(15-2)14-8-13-10/h1,7-9H,4-6,12H2,2H3. The number of unbranched alkanes of at least 4 members (excludes halogenated alkanes) is 1. The van der Waals surface area contributed by atoms with Crippen molar-refractivity contribution >= 4 is 0 Å². The lowest BCUT2D eigenvalue weighted by Gasteiger charge is -2.10. The van der Waals surface area contributed by atoms with E-state index in [1.807, 2.05) is 0 Å². The van der Waals surface area contributed by atoms with Crippen molar-refractivity contribution in [1.82, 2.24) is 9.97 Å². The van der Waals surface area contributed by atoms with Crippen molar-refractivity contribution < 1.29 is 4.74 Å². The highest BCUT2D eigenvalue weighted by Crippen LogP contribution is 2.16. The molecule has 80 valence electrons. The third-order valence-corrected chi connectivity index (χ3v) is 2.09. The summed E-state index contributed by atoms with van der Waals surface area (Å²) in [5.41, 5.74) is 6.74. The van der Waals surface area contributed by atoms with E-state index in [9.17, 15) is 0 Å². The number of hydrogen-bond acceptors (Lipinski definition) is 4. The third-order valence-electron chi connectivity index (χ3n) is 2.09. The molecule has 0 saturated carbocycles. The van der Waals surface area contributed by atoms with Crippen molar-refractivity contribution in [1.29, 1.82) is 0 Å². The zero-order valence-corrected chi connectivity index (χ0v) is 8.81. The van der Waals surface area contributed by atoms with Crippen molar-refractivity contribution in [2.75, 3.05) is 7.11 Å². The number of methoxy groups -OCH3 is 1. The minimum Gasteiger partial charge on any atom is -0.481 e. The molecular weight excluding hydrogens is 190 g/mol. The lowest BCUT2D eigenvalue weighted by Crippen LogP contribution is -2.12. The van der Waals surface area contributed by atoms with Gasteiger partial charge < -0.3 is 10.5 Å². The lowest BCUT2D eigenvalue weighted by atomic mass is 10.1. The quantitative estimate of drug-likeness (QED) is 0.581. The summed E-state index contributed by atoms with van der Waals surface area (Å²) in [7, 11) is 1.57. The van der Waals surface area contributed by atoms with E-state index in [4.69, 9.17) is 16.9 Å². The largest absolute Gasteiger partial charge is 0.481 e. The predicted molar refractivity (Wildman–Crippen MR) is 58.2 cm³/mol. The second kappa shape index (κ2) is 5.99. The molecule has 1 unspecified atom stereocenters. The molecule has 1 atom stereocenters. The minimum absolute atomic E-state index is 0.102. The van der Waals surface area contributed by atoms with Crippen LogP contribution in [0.25, 0.3) is 0 Å². The number of hydrogen-bond donors (Lipinski definition) is 1. The number of terminal acetylenes is 1. The van der Waals surface area contributed by atoms with E-state index >= 15 is 0 Å². The number of ether oxygens (including phenoxy) is 1. The van der Waals surface area contributed by atoms with Gasteiger partial charge in [0.1, 0.15) is 6.33 Å². The summed E-state index contributed by atoms with van der Waals surface area (Å²) < 4.78 is 4.99. The smallest absolute Gasteiger partial charge is 0.216 e. The predicted octanol–water partition coefficient (Wildman–Crippen LogP) is 1.29. The first kappa shape index (κ1) is 11.5. The first-order valence-electron chi connectivity index (χ1n) is 4.83. The van der Waals surface area contributed by atoms with Gasteiger partial charge in [-0.2, -0.15) is 0 Å². The van der Waals surface area contributed by atoms with Crippen LogP contribution in [-0.4, -0.2) is 17.1 Å². The molecule has 1 aromatic heterocycles. The maximum atomic E-state index is 5.94. The number of nitrogens with zero attached hydrogens (tertiary/aromatic N) is 2. The number of nitrogens with two attached hydrogens (primary N) is 1. The van der Waals surface area contributed by atoms with Crippen LogP contribution in [0.2, 0.25) is 0 Å². The molecule has 0 bridgehead atoms. The molecule has 0 radical (unpaired) electrons. The Morgan fingerprint density at radius 3 is 3.07 bits per heavy atom. The van der Waals surface area contributed by atoms with Crippen LogP contribution in [0.5, 0.6) is 5.88 Å².